The van der Waals surface area contributed by atoms with E-state index < -0.39 is 0 Å². The van der Waals surface area contributed by atoms with Crippen molar-refractivity contribution >= 4 is 5.91 Å². The van der Waals surface area contributed by atoms with E-state index in [0.717, 1.165) is 26.1 Å². The number of nitrogens with zero attached hydrogens (tertiary/aromatic N) is 1. The summed E-state index contributed by atoms with van der Waals surface area (Å²) >= 11 is 0. The summed E-state index contributed by atoms with van der Waals surface area (Å²) in [5.74, 6) is 1.02. The lowest BCUT2D eigenvalue weighted by Crippen LogP contribution is -2.46. The Balaban J connectivity index is 1.94. The molecular weight excluding hydrogens is 226 g/mol. The molecule has 1 amide bonds. The van der Waals surface area contributed by atoms with Crippen molar-refractivity contribution in [2.45, 2.75) is 45.6 Å². The maximum atomic E-state index is 12.3. The van der Waals surface area contributed by atoms with E-state index in [1.165, 1.54) is 19.3 Å². The maximum absolute atomic E-state index is 12.3. The molecule has 4 N–H and O–H groups in total. The molecule has 0 radical (unpaired) electrons. The van der Waals surface area contributed by atoms with E-state index in [-0.39, 0.29) is 17.9 Å². The van der Waals surface area contributed by atoms with Gasteiger partial charge in [0, 0.05) is 13.1 Å². The molecular formula is C14H27N3O. The molecule has 0 bridgehead atoms. The lowest BCUT2D eigenvalue weighted by molar-refractivity contribution is -0.132. The Morgan fingerprint density at radius 3 is 2.72 bits per heavy atom. The summed E-state index contributed by atoms with van der Waals surface area (Å²) in [5.41, 5.74) is 12.1. The molecule has 1 saturated carbocycles. The Bertz CT molecular complexity index is 318. The van der Waals surface area contributed by atoms with Crippen molar-refractivity contribution in [1.82, 2.24) is 4.90 Å². The van der Waals surface area contributed by atoms with Gasteiger partial charge in [-0.25, -0.2) is 0 Å². The van der Waals surface area contributed by atoms with Gasteiger partial charge in [0.25, 0.3) is 0 Å². The molecule has 1 saturated heterocycles. The minimum atomic E-state index is -0.341. The van der Waals surface area contributed by atoms with Crippen molar-refractivity contribution in [2.24, 2.45) is 28.7 Å². The molecule has 104 valence electrons. The van der Waals surface area contributed by atoms with E-state index in [9.17, 15) is 4.79 Å². The first-order valence-electron chi connectivity index (χ1n) is 7.22. The molecule has 0 aromatic heterocycles. The monoisotopic (exact) mass is 253 g/mol. The highest BCUT2D eigenvalue weighted by Crippen LogP contribution is 2.47. The summed E-state index contributed by atoms with van der Waals surface area (Å²) in [5, 5.41) is 0. The van der Waals surface area contributed by atoms with Gasteiger partial charge in [-0.2, -0.15) is 0 Å². The van der Waals surface area contributed by atoms with Crippen LogP contribution in [0.5, 0.6) is 0 Å². The van der Waals surface area contributed by atoms with Gasteiger partial charge in [0.1, 0.15) is 0 Å². The molecule has 4 nitrogen and oxygen atoms in total. The topological polar surface area (TPSA) is 72.4 Å². The van der Waals surface area contributed by atoms with Crippen molar-refractivity contribution in [2.75, 3.05) is 19.6 Å². The van der Waals surface area contributed by atoms with Crippen LogP contribution in [0.4, 0.5) is 0 Å². The Hall–Kier alpha value is -0.610. The Labute approximate surface area is 110 Å². The lowest BCUT2D eigenvalue weighted by atomic mass is 9.84. The van der Waals surface area contributed by atoms with Crippen LogP contribution in [0.15, 0.2) is 0 Å². The molecule has 0 aromatic rings. The van der Waals surface area contributed by atoms with Gasteiger partial charge in [-0.05, 0) is 49.5 Å². The molecule has 4 heteroatoms. The summed E-state index contributed by atoms with van der Waals surface area (Å²) in [6, 6.07) is -0.341. The van der Waals surface area contributed by atoms with E-state index in [2.05, 4.69) is 0 Å². The fraction of sp³-hybridized carbons (Fsp3) is 0.929. The second-order valence-corrected chi connectivity index (χ2v) is 6.62. The predicted octanol–water partition coefficient (Wildman–Crippen LogP) is 0.947. The molecule has 0 aromatic carbocycles. The summed E-state index contributed by atoms with van der Waals surface area (Å²) in [6.45, 7) is 6.60. The highest BCUT2D eigenvalue weighted by atomic mass is 16.2. The zero-order chi connectivity index (χ0) is 13.3. The van der Waals surface area contributed by atoms with Crippen LogP contribution in [0.1, 0.15) is 39.5 Å². The SMILES string of the molecule is CC(C)[C@H](N)C(=O)N1CC[C@]2(CC[C@@H](CN)C2)C1. The zero-order valence-electron chi connectivity index (χ0n) is 11.7. The smallest absolute Gasteiger partial charge is 0.239 e. The number of carbonyl (C=O) groups excluding carboxylic acids is 1. The zero-order valence-corrected chi connectivity index (χ0v) is 11.7. The molecule has 2 fully saturated rings. The van der Waals surface area contributed by atoms with Crippen molar-refractivity contribution in [1.29, 1.82) is 0 Å². The second kappa shape index (κ2) is 5.17. The van der Waals surface area contributed by atoms with Crippen LogP contribution >= 0.6 is 0 Å². The normalized spacial score (nSPS) is 33.6. The van der Waals surface area contributed by atoms with E-state index in [0.29, 0.717) is 11.3 Å². The molecule has 2 rings (SSSR count). The number of hydrogen-bond acceptors (Lipinski definition) is 3. The third-order valence-electron chi connectivity index (χ3n) is 4.89. The van der Waals surface area contributed by atoms with Crippen molar-refractivity contribution < 1.29 is 4.79 Å². The first-order chi connectivity index (χ1) is 8.47. The van der Waals surface area contributed by atoms with Crippen LogP contribution in [-0.2, 0) is 4.79 Å². The van der Waals surface area contributed by atoms with Crippen LogP contribution in [0.2, 0.25) is 0 Å². The van der Waals surface area contributed by atoms with Crippen LogP contribution in [-0.4, -0.2) is 36.5 Å². The Morgan fingerprint density at radius 1 is 1.44 bits per heavy atom. The van der Waals surface area contributed by atoms with Crippen molar-refractivity contribution in [3.8, 4) is 0 Å². The predicted molar refractivity (Wildman–Crippen MR) is 72.8 cm³/mol. The third kappa shape index (κ3) is 2.54. The molecule has 1 heterocycles. The first kappa shape index (κ1) is 13.8. The summed E-state index contributed by atoms with van der Waals surface area (Å²) < 4.78 is 0. The summed E-state index contributed by atoms with van der Waals surface area (Å²) in [4.78, 5) is 14.2. The molecule has 1 aliphatic carbocycles. The van der Waals surface area contributed by atoms with Gasteiger partial charge < -0.3 is 16.4 Å². The van der Waals surface area contributed by atoms with Gasteiger partial charge in [-0.15, -0.1) is 0 Å². The van der Waals surface area contributed by atoms with Gasteiger partial charge in [0.15, 0.2) is 0 Å². The van der Waals surface area contributed by atoms with Gasteiger partial charge in [-0.3, -0.25) is 4.79 Å². The van der Waals surface area contributed by atoms with E-state index in [4.69, 9.17) is 11.5 Å². The fourth-order valence-electron chi connectivity index (χ4n) is 3.52. The summed E-state index contributed by atoms with van der Waals surface area (Å²) in [7, 11) is 0. The Kier molecular flexibility index (Phi) is 3.97. The van der Waals surface area contributed by atoms with E-state index in [1.807, 2.05) is 18.7 Å². The Morgan fingerprint density at radius 2 is 2.17 bits per heavy atom. The van der Waals surface area contributed by atoms with Crippen LogP contribution < -0.4 is 11.5 Å². The fourth-order valence-corrected chi connectivity index (χ4v) is 3.52. The maximum Gasteiger partial charge on any atom is 0.239 e. The van der Waals surface area contributed by atoms with Crippen molar-refractivity contribution in [3.05, 3.63) is 0 Å². The first-order valence-corrected chi connectivity index (χ1v) is 7.22. The molecule has 18 heavy (non-hydrogen) atoms. The third-order valence-corrected chi connectivity index (χ3v) is 4.89. The number of carbonyl (C=O) groups is 1. The number of rotatable bonds is 3. The highest BCUT2D eigenvalue weighted by Gasteiger charge is 2.45. The van der Waals surface area contributed by atoms with Crippen LogP contribution in [0, 0.1) is 17.3 Å². The van der Waals surface area contributed by atoms with Gasteiger partial charge >= 0.3 is 0 Å². The largest absolute Gasteiger partial charge is 0.341 e. The average Bonchev–Trinajstić information content (AvgIpc) is 2.95. The number of amides is 1. The van der Waals surface area contributed by atoms with Gasteiger partial charge in [0.05, 0.1) is 6.04 Å². The molecule has 0 unspecified atom stereocenters. The van der Waals surface area contributed by atoms with E-state index >= 15 is 0 Å². The standard InChI is InChI=1S/C14H27N3O/c1-10(2)12(16)13(18)17-6-5-14(9-17)4-3-11(7-14)8-15/h10-12H,3-9,15-16H2,1-2H3/t11-,12+,14+/m1/s1. The number of nitrogens with two attached hydrogens (primary N) is 2. The highest BCUT2D eigenvalue weighted by molar-refractivity contribution is 5.82. The van der Waals surface area contributed by atoms with Crippen molar-refractivity contribution in [3.63, 3.8) is 0 Å². The molecule has 1 aliphatic heterocycles. The molecule has 3 atom stereocenters. The number of hydrogen-bond donors (Lipinski definition) is 2. The quantitative estimate of drug-likeness (QED) is 0.786. The molecule has 2 aliphatic rings. The second-order valence-electron chi connectivity index (χ2n) is 6.62. The van der Waals surface area contributed by atoms with Gasteiger partial charge in [-0.1, -0.05) is 13.8 Å². The van der Waals surface area contributed by atoms with Crippen LogP contribution in [0.25, 0.3) is 0 Å². The number of likely N-dealkylation sites (tertiary alicyclic amines) is 1. The molecule has 1 spiro atoms. The summed E-state index contributed by atoms with van der Waals surface area (Å²) in [6.07, 6.45) is 4.80. The minimum Gasteiger partial charge on any atom is -0.341 e. The van der Waals surface area contributed by atoms with E-state index in [1.54, 1.807) is 0 Å². The van der Waals surface area contributed by atoms with Crippen LogP contribution in [0.3, 0.4) is 0 Å². The lowest BCUT2D eigenvalue weighted by Gasteiger charge is -2.26. The van der Waals surface area contributed by atoms with Gasteiger partial charge in [0.2, 0.25) is 5.91 Å². The minimum absolute atomic E-state index is 0.137. The average molecular weight is 253 g/mol.